The first-order valence-electron chi connectivity index (χ1n) is 16.2. The molecule has 4 bridgehead atoms. The topological polar surface area (TPSA) is 183 Å². The zero-order valence-corrected chi connectivity index (χ0v) is 27.7. The van der Waals surface area contributed by atoms with E-state index in [1.807, 2.05) is 13.0 Å². The number of hydrogen-bond acceptors (Lipinski definition) is 10. The average molecular weight is 670 g/mol. The number of carbonyl (C=O) groups excluding carboxylic acids is 4. The average Bonchev–Trinajstić information content (AvgIpc) is 3.55. The third-order valence-electron chi connectivity index (χ3n) is 8.69. The molecule has 49 heavy (non-hydrogen) atoms. The minimum Gasteiger partial charge on any atom is -0.507 e. The summed E-state index contributed by atoms with van der Waals surface area (Å²) in [5, 5.41) is 22.9. The van der Waals surface area contributed by atoms with Crippen LogP contribution < -0.4 is 25.6 Å². The van der Waals surface area contributed by atoms with Crippen LogP contribution in [0.15, 0.2) is 54.9 Å². The van der Waals surface area contributed by atoms with E-state index < -0.39 is 35.8 Å². The Kier molecular flexibility index (Phi) is 9.33. The molecule has 0 radical (unpaired) electrons. The van der Waals surface area contributed by atoms with Gasteiger partial charge in [-0.25, -0.2) is 4.98 Å². The van der Waals surface area contributed by atoms with Gasteiger partial charge in [-0.3, -0.25) is 19.2 Å². The van der Waals surface area contributed by atoms with Gasteiger partial charge in [-0.15, -0.1) is 0 Å². The summed E-state index contributed by atoms with van der Waals surface area (Å²) >= 11 is 0. The van der Waals surface area contributed by atoms with Crippen molar-refractivity contribution in [1.82, 2.24) is 40.4 Å². The van der Waals surface area contributed by atoms with Gasteiger partial charge in [0.2, 0.25) is 17.7 Å². The van der Waals surface area contributed by atoms with E-state index in [4.69, 9.17) is 4.74 Å². The predicted octanol–water partition coefficient (Wildman–Crippen LogP) is 1.58. The Hall–Kier alpha value is -5.73. The third-order valence-corrected chi connectivity index (χ3v) is 8.69. The van der Waals surface area contributed by atoms with Crippen LogP contribution in [0.1, 0.15) is 42.4 Å². The summed E-state index contributed by atoms with van der Waals surface area (Å²) in [6.45, 7) is 8.80. The SMILES string of the molecule is Cc1cc(N2CCN(C(=O)[C@@H]3Cc4ccc(cc4)Oc4ccc(O)c(c4)C(=O)N[C@@H](C(C)C)C(=O)N[C@@H](C)C(=O)N3)CC2)n2ncnc2n1. The lowest BCUT2D eigenvalue weighted by Crippen LogP contribution is -2.59. The highest BCUT2D eigenvalue weighted by Crippen LogP contribution is 2.28. The fraction of sp³-hybridized carbons (Fsp3) is 0.382. The highest BCUT2D eigenvalue weighted by atomic mass is 16.5. The minimum absolute atomic E-state index is 0.0655. The maximum absolute atomic E-state index is 14.0. The van der Waals surface area contributed by atoms with Crippen molar-refractivity contribution < 1.29 is 29.0 Å². The van der Waals surface area contributed by atoms with Crippen LogP contribution in [0.25, 0.3) is 5.78 Å². The quantitative estimate of drug-likeness (QED) is 0.234. The predicted molar refractivity (Wildman–Crippen MR) is 178 cm³/mol. The van der Waals surface area contributed by atoms with Crippen molar-refractivity contribution in [3.05, 3.63) is 71.7 Å². The lowest BCUT2D eigenvalue weighted by atomic mass is 10.0. The fourth-order valence-electron chi connectivity index (χ4n) is 5.96. The summed E-state index contributed by atoms with van der Waals surface area (Å²) in [6.07, 6.45) is 1.65. The molecule has 1 fully saturated rings. The lowest BCUT2D eigenvalue weighted by molar-refractivity contribution is -0.137. The van der Waals surface area contributed by atoms with Crippen LogP contribution in [-0.4, -0.2) is 97.5 Å². The van der Waals surface area contributed by atoms with Gasteiger partial charge in [0.15, 0.2) is 0 Å². The van der Waals surface area contributed by atoms with E-state index in [9.17, 15) is 24.3 Å². The first kappa shape index (κ1) is 33.2. The second kappa shape index (κ2) is 13.8. The van der Waals surface area contributed by atoms with E-state index in [0.717, 1.165) is 17.1 Å². The van der Waals surface area contributed by atoms with Gasteiger partial charge in [0, 0.05) is 44.4 Å². The third kappa shape index (κ3) is 7.24. The molecule has 0 spiro atoms. The van der Waals surface area contributed by atoms with Crippen molar-refractivity contribution in [2.75, 3.05) is 31.1 Å². The Morgan fingerprint density at radius 3 is 2.37 bits per heavy atom. The number of amides is 4. The number of aromatic hydroxyl groups is 1. The number of nitrogens with zero attached hydrogens (tertiary/aromatic N) is 6. The zero-order valence-electron chi connectivity index (χ0n) is 27.7. The molecular weight excluding hydrogens is 630 g/mol. The van der Waals surface area contributed by atoms with E-state index in [1.54, 1.807) is 47.5 Å². The van der Waals surface area contributed by atoms with E-state index >= 15 is 0 Å². The van der Waals surface area contributed by atoms with Gasteiger partial charge >= 0.3 is 0 Å². The van der Waals surface area contributed by atoms with Crippen molar-refractivity contribution in [3.8, 4) is 17.2 Å². The molecule has 1 saturated heterocycles. The summed E-state index contributed by atoms with van der Waals surface area (Å²) in [7, 11) is 0. The summed E-state index contributed by atoms with van der Waals surface area (Å²) in [4.78, 5) is 66.6. The largest absolute Gasteiger partial charge is 0.507 e. The fourth-order valence-corrected chi connectivity index (χ4v) is 5.96. The molecular formula is C34H39N9O6. The number of phenols is 1. The second-order valence-electron chi connectivity index (χ2n) is 12.7. The molecule has 0 aliphatic carbocycles. The van der Waals surface area contributed by atoms with Crippen LogP contribution in [0.3, 0.4) is 0 Å². The number of aryl methyl sites for hydroxylation is 1. The maximum Gasteiger partial charge on any atom is 0.255 e. The Morgan fingerprint density at radius 1 is 0.939 bits per heavy atom. The molecule has 7 rings (SSSR count). The first-order chi connectivity index (χ1) is 23.5. The zero-order chi connectivity index (χ0) is 34.8. The molecule has 4 aromatic rings. The molecule has 4 N–H and O–H groups in total. The van der Waals surface area contributed by atoms with Crippen molar-refractivity contribution >= 4 is 35.2 Å². The van der Waals surface area contributed by atoms with E-state index in [2.05, 4.69) is 35.9 Å². The molecule has 2 aromatic heterocycles. The number of hydrogen-bond donors (Lipinski definition) is 4. The minimum atomic E-state index is -1.02. The van der Waals surface area contributed by atoms with Crippen LogP contribution >= 0.6 is 0 Å². The smallest absolute Gasteiger partial charge is 0.255 e. The number of anilines is 1. The summed E-state index contributed by atoms with van der Waals surface area (Å²) < 4.78 is 7.63. The van der Waals surface area contributed by atoms with Gasteiger partial charge in [-0.05, 0) is 55.7 Å². The number of ether oxygens (including phenoxy) is 1. The van der Waals surface area contributed by atoms with Crippen molar-refractivity contribution in [3.63, 3.8) is 0 Å². The Morgan fingerprint density at radius 2 is 1.65 bits per heavy atom. The van der Waals surface area contributed by atoms with Gasteiger partial charge in [0.25, 0.3) is 11.7 Å². The normalized spacial score (nSPS) is 20.7. The van der Waals surface area contributed by atoms with Crippen molar-refractivity contribution in [1.29, 1.82) is 0 Å². The highest BCUT2D eigenvalue weighted by Gasteiger charge is 2.33. The molecule has 0 saturated carbocycles. The van der Waals surface area contributed by atoms with Gasteiger partial charge in [-0.1, -0.05) is 26.0 Å². The molecule has 3 aliphatic heterocycles. The van der Waals surface area contributed by atoms with Gasteiger partial charge in [0.05, 0.1) is 5.56 Å². The molecule has 15 nitrogen and oxygen atoms in total. The van der Waals surface area contributed by atoms with E-state index in [0.29, 0.717) is 43.5 Å². The molecule has 3 atom stereocenters. The van der Waals surface area contributed by atoms with Crippen molar-refractivity contribution in [2.24, 2.45) is 5.92 Å². The Balaban J connectivity index is 1.24. The van der Waals surface area contributed by atoms with Gasteiger partial charge in [0.1, 0.15) is 47.5 Å². The number of nitrogens with one attached hydrogen (secondary N) is 3. The standard InChI is InChI=1S/C34H39N9O6/c1-19(2)29-32(47)38-21(4)30(45)39-26(16-22-5-7-23(8-6-22)49-24-9-10-27(44)25(17-24)31(46)40-29)33(48)42-13-11-41(12-14-42)28-15-20(3)37-34-35-18-36-43(28)34/h5-10,15,17-19,21,26,29,44H,11-14,16H2,1-4H3,(H,38,47)(H,39,45)(H,40,46)/t21-,26-,29-/m0/s1. The van der Waals surface area contributed by atoms with E-state index in [1.165, 1.54) is 31.5 Å². The molecule has 15 heteroatoms. The number of fused-ring (bicyclic) bond motifs is 12. The highest BCUT2D eigenvalue weighted by molar-refractivity contribution is 6.00. The molecule has 0 unspecified atom stereocenters. The summed E-state index contributed by atoms with van der Waals surface area (Å²) in [6, 6.07) is 10.3. The van der Waals surface area contributed by atoms with Crippen LogP contribution in [0.2, 0.25) is 0 Å². The Bertz CT molecular complexity index is 1880. The number of rotatable bonds is 3. The molecule has 256 valence electrons. The molecule has 5 heterocycles. The maximum atomic E-state index is 14.0. The first-order valence-corrected chi connectivity index (χ1v) is 16.2. The van der Waals surface area contributed by atoms with E-state index in [-0.39, 0.29) is 29.6 Å². The van der Waals surface area contributed by atoms with Crippen LogP contribution in [0.4, 0.5) is 5.82 Å². The van der Waals surface area contributed by atoms with Crippen LogP contribution in [0, 0.1) is 12.8 Å². The van der Waals surface area contributed by atoms with Crippen LogP contribution in [-0.2, 0) is 20.8 Å². The monoisotopic (exact) mass is 669 g/mol. The molecule has 3 aliphatic rings. The van der Waals surface area contributed by atoms with Crippen molar-refractivity contribution in [2.45, 2.75) is 52.2 Å². The number of carbonyl (C=O) groups is 4. The number of aromatic nitrogens is 4. The van der Waals surface area contributed by atoms with Crippen LogP contribution in [0.5, 0.6) is 17.2 Å². The second-order valence-corrected chi connectivity index (χ2v) is 12.7. The number of phenolic OH excluding ortho intramolecular Hbond substituents is 1. The van der Waals surface area contributed by atoms with Gasteiger partial charge < -0.3 is 35.6 Å². The molecule has 4 amide bonds. The number of benzene rings is 2. The summed E-state index contributed by atoms with van der Waals surface area (Å²) in [5.74, 6) is -0.580. The lowest BCUT2D eigenvalue weighted by Gasteiger charge is -2.37. The van der Waals surface area contributed by atoms with Gasteiger partial charge in [-0.2, -0.15) is 14.6 Å². The number of piperazine rings is 1. The summed E-state index contributed by atoms with van der Waals surface area (Å²) in [5.41, 5.74) is 1.51. The molecule has 2 aromatic carbocycles. The Labute approximate surface area is 282 Å².